The number of anilines is 1. The highest BCUT2D eigenvalue weighted by atomic mass is 19.4. The molecule has 3 aromatic rings. The average Bonchev–Trinajstić information content (AvgIpc) is 3.16. The maximum Gasteiger partial charge on any atom is 0.416 e. The van der Waals surface area contributed by atoms with Gasteiger partial charge in [0.25, 0.3) is 5.91 Å². The van der Waals surface area contributed by atoms with E-state index in [1.165, 1.54) is 18.3 Å². The first kappa shape index (κ1) is 15.6. The fourth-order valence-corrected chi connectivity index (χ4v) is 1.88. The number of hydrogen-bond donors (Lipinski definition) is 2. The normalized spacial score (nSPS) is 11.5. The van der Waals surface area contributed by atoms with E-state index in [1.54, 1.807) is 6.92 Å². The second kappa shape index (κ2) is 5.76. The van der Waals surface area contributed by atoms with Gasteiger partial charge >= 0.3 is 6.18 Å². The molecule has 0 saturated carbocycles. The Kier molecular flexibility index (Phi) is 3.75. The summed E-state index contributed by atoms with van der Waals surface area (Å²) >= 11 is 0. The van der Waals surface area contributed by atoms with Crippen LogP contribution >= 0.6 is 0 Å². The molecule has 0 radical (unpaired) electrons. The number of hydrogen-bond acceptors (Lipinski definition) is 5. The van der Waals surface area contributed by atoms with Gasteiger partial charge in [0.05, 0.1) is 17.4 Å². The number of nitrogens with one attached hydrogen (secondary N) is 2. The van der Waals surface area contributed by atoms with Crippen LogP contribution < -0.4 is 5.32 Å². The van der Waals surface area contributed by atoms with E-state index in [9.17, 15) is 18.0 Å². The Labute approximate surface area is 132 Å². The van der Waals surface area contributed by atoms with Crippen LogP contribution in [-0.2, 0) is 6.18 Å². The molecular formula is C13H10F3N7O. The molecule has 0 saturated heterocycles. The molecule has 0 unspecified atom stereocenters. The van der Waals surface area contributed by atoms with Crippen molar-refractivity contribution in [3.05, 3.63) is 47.5 Å². The molecule has 2 heterocycles. The fraction of sp³-hybridized carbons (Fsp3) is 0.154. The molecule has 0 aliphatic carbocycles. The molecule has 2 aromatic heterocycles. The Balaban J connectivity index is 1.81. The topological polar surface area (TPSA) is 101 Å². The van der Waals surface area contributed by atoms with Gasteiger partial charge in [0, 0.05) is 0 Å². The van der Waals surface area contributed by atoms with Crippen molar-refractivity contribution in [1.29, 1.82) is 0 Å². The zero-order valence-electron chi connectivity index (χ0n) is 12.2. The van der Waals surface area contributed by atoms with Gasteiger partial charge in [0.15, 0.2) is 5.69 Å². The summed E-state index contributed by atoms with van der Waals surface area (Å²) < 4.78 is 39.3. The van der Waals surface area contributed by atoms with Crippen molar-refractivity contribution in [2.75, 3.05) is 5.32 Å². The predicted octanol–water partition coefficient (Wildman–Crippen LogP) is 1.96. The molecule has 124 valence electrons. The number of amides is 1. The Hall–Kier alpha value is -3.24. The van der Waals surface area contributed by atoms with Gasteiger partial charge in [-0.1, -0.05) is 11.3 Å². The molecule has 0 bridgehead atoms. The third-order valence-electron chi connectivity index (χ3n) is 2.99. The Morgan fingerprint density at radius 1 is 1.33 bits per heavy atom. The maximum absolute atomic E-state index is 12.7. The van der Waals surface area contributed by atoms with Crippen LogP contribution in [0.5, 0.6) is 0 Å². The molecule has 0 fully saturated rings. The van der Waals surface area contributed by atoms with Crippen LogP contribution in [0.15, 0.2) is 30.5 Å². The fourth-order valence-electron chi connectivity index (χ4n) is 1.88. The zero-order chi connectivity index (χ0) is 17.3. The lowest BCUT2D eigenvalue weighted by atomic mass is 10.2. The number of aromatic nitrogens is 6. The second-order valence-electron chi connectivity index (χ2n) is 4.79. The van der Waals surface area contributed by atoms with Crippen LogP contribution in [0, 0.1) is 6.92 Å². The van der Waals surface area contributed by atoms with E-state index < -0.39 is 17.6 Å². The summed E-state index contributed by atoms with van der Waals surface area (Å²) in [7, 11) is 0. The number of carbonyl (C=O) groups is 1. The summed E-state index contributed by atoms with van der Waals surface area (Å²) in [5.41, 5.74) is -0.780. The lowest BCUT2D eigenvalue weighted by molar-refractivity contribution is -0.137. The van der Waals surface area contributed by atoms with Crippen molar-refractivity contribution in [2.45, 2.75) is 13.1 Å². The molecule has 8 nitrogen and oxygen atoms in total. The van der Waals surface area contributed by atoms with Gasteiger partial charge in [-0.15, -0.1) is 10.2 Å². The molecular weight excluding hydrogens is 327 g/mol. The van der Waals surface area contributed by atoms with Crippen molar-refractivity contribution >= 4 is 11.9 Å². The van der Waals surface area contributed by atoms with Gasteiger partial charge in [-0.05, 0) is 25.1 Å². The van der Waals surface area contributed by atoms with Gasteiger partial charge in [-0.2, -0.15) is 18.2 Å². The molecule has 3 rings (SSSR count). The van der Waals surface area contributed by atoms with Crippen LogP contribution in [0.3, 0.4) is 0 Å². The monoisotopic (exact) mass is 337 g/mol. The minimum atomic E-state index is -4.47. The van der Waals surface area contributed by atoms with E-state index in [2.05, 4.69) is 30.8 Å². The summed E-state index contributed by atoms with van der Waals surface area (Å²) in [6, 6.07) is 4.52. The number of nitrogens with zero attached hydrogens (tertiary/aromatic N) is 5. The van der Waals surface area contributed by atoms with Crippen LogP contribution in [0.2, 0.25) is 0 Å². The molecule has 0 aliphatic rings. The standard InChI is InChI=1S/C13H10F3N7O/c1-7-17-12(21-19-7)18-11(24)10-6-23(22-20-10)9-4-2-3-8(5-9)13(14,15)16/h2-6H,1H3,(H2,17,18,19,21,24). The lowest BCUT2D eigenvalue weighted by Crippen LogP contribution is -2.13. The van der Waals surface area contributed by atoms with Gasteiger partial charge in [0.2, 0.25) is 5.95 Å². The third kappa shape index (κ3) is 3.24. The van der Waals surface area contributed by atoms with Crippen LogP contribution in [0.1, 0.15) is 21.9 Å². The molecule has 0 spiro atoms. The molecule has 2 N–H and O–H groups in total. The summed E-state index contributed by atoms with van der Waals surface area (Å²) in [6.07, 6.45) is -3.26. The van der Waals surface area contributed by atoms with E-state index in [0.29, 0.717) is 5.82 Å². The number of aromatic amines is 1. The summed E-state index contributed by atoms with van der Waals surface area (Å²) in [4.78, 5) is 15.9. The van der Waals surface area contributed by atoms with Crippen molar-refractivity contribution in [3.63, 3.8) is 0 Å². The van der Waals surface area contributed by atoms with Crippen LogP contribution in [0.25, 0.3) is 5.69 Å². The smallest absolute Gasteiger partial charge is 0.288 e. The van der Waals surface area contributed by atoms with E-state index in [4.69, 9.17) is 0 Å². The van der Waals surface area contributed by atoms with Crippen molar-refractivity contribution in [1.82, 2.24) is 30.2 Å². The molecule has 24 heavy (non-hydrogen) atoms. The maximum atomic E-state index is 12.7. The molecule has 1 amide bonds. The highest BCUT2D eigenvalue weighted by molar-refractivity contribution is 6.01. The molecule has 11 heteroatoms. The number of carbonyl (C=O) groups excluding carboxylic acids is 1. The number of alkyl halides is 3. The summed E-state index contributed by atoms with van der Waals surface area (Å²) in [5.74, 6) is -0.0590. The van der Waals surface area contributed by atoms with E-state index in [0.717, 1.165) is 16.8 Å². The first-order chi connectivity index (χ1) is 11.3. The Morgan fingerprint density at radius 2 is 2.12 bits per heavy atom. The SMILES string of the molecule is Cc1nc(NC(=O)c2cn(-c3cccc(C(F)(F)F)c3)nn2)n[nH]1. The predicted molar refractivity (Wildman–Crippen MR) is 75.4 cm³/mol. The summed E-state index contributed by atoms with van der Waals surface area (Å²) in [5, 5.41) is 16.0. The van der Waals surface area contributed by atoms with E-state index in [1.807, 2.05) is 0 Å². The number of aryl methyl sites for hydroxylation is 1. The number of benzene rings is 1. The lowest BCUT2D eigenvalue weighted by Gasteiger charge is -2.07. The summed E-state index contributed by atoms with van der Waals surface area (Å²) in [6.45, 7) is 1.66. The molecule has 1 aromatic carbocycles. The minimum Gasteiger partial charge on any atom is -0.288 e. The number of halogens is 3. The first-order valence-electron chi connectivity index (χ1n) is 6.63. The quantitative estimate of drug-likeness (QED) is 0.761. The third-order valence-corrected chi connectivity index (χ3v) is 2.99. The van der Waals surface area contributed by atoms with Crippen molar-refractivity contribution in [3.8, 4) is 5.69 Å². The Morgan fingerprint density at radius 3 is 2.79 bits per heavy atom. The average molecular weight is 337 g/mol. The first-order valence-corrected chi connectivity index (χ1v) is 6.63. The number of rotatable bonds is 3. The van der Waals surface area contributed by atoms with Gasteiger partial charge in [0.1, 0.15) is 5.82 Å². The number of H-pyrrole nitrogens is 1. The van der Waals surface area contributed by atoms with E-state index in [-0.39, 0.29) is 17.3 Å². The molecule has 0 atom stereocenters. The van der Waals surface area contributed by atoms with Gasteiger partial charge < -0.3 is 0 Å². The highest BCUT2D eigenvalue weighted by Gasteiger charge is 2.30. The van der Waals surface area contributed by atoms with Crippen LogP contribution in [0.4, 0.5) is 19.1 Å². The zero-order valence-corrected chi connectivity index (χ0v) is 12.2. The largest absolute Gasteiger partial charge is 0.416 e. The second-order valence-corrected chi connectivity index (χ2v) is 4.79. The van der Waals surface area contributed by atoms with Crippen molar-refractivity contribution < 1.29 is 18.0 Å². The van der Waals surface area contributed by atoms with Gasteiger partial charge in [-0.3, -0.25) is 15.2 Å². The van der Waals surface area contributed by atoms with E-state index >= 15 is 0 Å². The highest BCUT2D eigenvalue weighted by Crippen LogP contribution is 2.30. The molecule has 0 aliphatic heterocycles. The minimum absolute atomic E-state index is 0.0612. The van der Waals surface area contributed by atoms with Crippen LogP contribution in [-0.4, -0.2) is 36.1 Å². The van der Waals surface area contributed by atoms with Gasteiger partial charge in [-0.25, -0.2) is 4.68 Å². The Bertz CT molecular complexity index is 884. The van der Waals surface area contributed by atoms with Crippen molar-refractivity contribution in [2.24, 2.45) is 0 Å².